The van der Waals surface area contributed by atoms with Crippen LogP contribution in [0.3, 0.4) is 0 Å². The number of cyclic esters (lactones) is 1. The summed E-state index contributed by atoms with van der Waals surface area (Å²) in [6.07, 6.45) is 1.26. The van der Waals surface area contributed by atoms with E-state index < -0.39 is 0 Å². The largest absolute Gasteiger partial charge is 0.447 e. The highest BCUT2D eigenvalue weighted by molar-refractivity contribution is 7.15. The Morgan fingerprint density at radius 1 is 1.83 bits per heavy atom. The van der Waals surface area contributed by atoms with Crippen LogP contribution >= 0.6 is 22.9 Å². The summed E-state index contributed by atoms with van der Waals surface area (Å²) in [4.78, 5) is 15.4. The van der Waals surface area contributed by atoms with Crippen LogP contribution in [0.5, 0.6) is 0 Å². The molecule has 0 spiro atoms. The summed E-state index contributed by atoms with van der Waals surface area (Å²) in [6, 6.07) is -0.0810. The Bertz CT molecular complexity index is 314. The van der Waals surface area contributed by atoms with E-state index in [9.17, 15) is 4.79 Å². The molecule has 64 valence electrons. The van der Waals surface area contributed by atoms with Gasteiger partial charge < -0.3 is 10.1 Å². The van der Waals surface area contributed by atoms with Crippen molar-refractivity contribution in [2.24, 2.45) is 0 Å². The molecule has 1 aromatic rings. The number of carbonyl (C=O) groups excluding carboxylic acids is 1. The molecule has 2 heterocycles. The molecule has 1 atom stereocenters. The van der Waals surface area contributed by atoms with Crippen molar-refractivity contribution in [3.63, 3.8) is 0 Å². The van der Waals surface area contributed by atoms with Crippen LogP contribution < -0.4 is 5.32 Å². The lowest BCUT2D eigenvalue weighted by molar-refractivity contribution is 0.177. The molecule has 4 nitrogen and oxygen atoms in total. The van der Waals surface area contributed by atoms with Crippen LogP contribution in [0.25, 0.3) is 0 Å². The van der Waals surface area contributed by atoms with Crippen molar-refractivity contribution in [1.82, 2.24) is 10.3 Å². The molecule has 0 saturated carbocycles. The topological polar surface area (TPSA) is 51.2 Å². The Hall–Kier alpha value is -0.810. The van der Waals surface area contributed by atoms with Crippen LogP contribution in [0.4, 0.5) is 4.79 Å². The summed E-state index contributed by atoms with van der Waals surface area (Å²) < 4.78 is 5.19. The summed E-state index contributed by atoms with van der Waals surface area (Å²) >= 11 is 6.98. The lowest BCUT2D eigenvalue weighted by atomic mass is 10.3. The van der Waals surface area contributed by atoms with Crippen LogP contribution in [0.1, 0.15) is 10.9 Å². The maximum absolute atomic E-state index is 10.7. The van der Waals surface area contributed by atoms with E-state index in [0.717, 1.165) is 4.88 Å². The van der Waals surface area contributed by atoms with Gasteiger partial charge in [0, 0.05) is 6.20 Å². The maximum atomic E-state index is 10.7. The minimum absolute atomic E-state index is 0.0810. The molecule has 1 unspecified atom stereocenters. The van der Waals surface area contributed by atoms with Crippen molar-refractivity contribution in [1.29, 1.82) is 0 Å². The molecule has 0 radical (unpaired) electrons. The highest BCUT2D eigenvalue weighted by Gasteiger charge is 2.25. The quantitative estimate of drug-likeness (QED) is 0.756. The number of nitrogens with one attached hydrogen (secondary N) is 1. The number of halogens is 1. The normalized spacial score (nSPS) is 22.1. The van der Waals surface area contributed by atoms with Gasteiger partial charge in [-0.05, 0) is 0 Å². The minimum atomic E-state index is -0.385. The van der Waals surface area contributed by atoms with Gasteiger partial charge in [-0.3, -0.25) is 0 Å². The zero-order chi connectivity index (χ0) is 8.55. The van der Waals surface area contributed by atoms with E-state index >= 15 is 0 Å². The van der Waals surface area contributed by atoms with Gasteiger partial charge in [0.05, 0.1) is 4.88 Å². The zero-order valence-electron chi connectivity index (χ0n) is 5.91. The third-order valence-corrected chi connectivity index (χ3v) is 2.74. The number of hydrogen-bond donors (Lipinski definition) is 1. The molecule has 1 aliphatic rings. The summed E-state index contributed by atoms with van der Waals surface area (Å²) in [5, 5.41) is 2.63. The number of thiazole rings is 1. The van der Waals surface area contributed by atoms with E-state index in [1.165, 1.54) is 11.3 Å². The molecule has 1 saturated heterocycles. The molecule has 1 aliphatic heterocycles. The number of carbonyl (C=O) groups is 1. The molecule has 0 aliphatic carbocycles. The molecular formula is C6H5ClN2O2S. The van der Waals surface area contributed by atoms with Gasteiger partial charge in [-0.2, -0.15) is 0 Å². The summed E-state index contributed by atoms with van der Waals surface area (Å²) in [5.41, 5.74) is 0. The summed E-state index contributed by atoms with van der Waals surface area (Å²) in [7, 11) is 0. The van der Waals surface area contributed by atoms with Crippen molar-refractivity contribution in [2.45, 2.75) is 6.04 Å². The number of aromatic nitrogens is 1. The molecular weight excluding hydrogens is 200 g/mol. The molecule has 0 aromatic carbocycles. The first-order chi connectivity index (χ1) is 5.75. The van der Waals surface area contributed by atoms with Gasteiger partial charge >= 0.3 is 6.09 Å². The van der Waals surface area contributed by atoms with Gasteiger partial charge in [0.25, 0.3) is 0 Å². The van der Waals surface area contributed by atoms with E-state index in [1.54, 1.807) is 6.20 Å². The Kier molecular flexibility index (Phi) is 1.90. The summed E-state index contributed by atoms with van der Waals surface area (Å²) in [5.74, 6) is 0. The third-order valence-electron chi connectivity index (χ3n) is 1.51. The fourth-order valence-corrected chi connectivity index (χ4v) is 1.95. The number of rotatable bonds is 1. The molecule has 1 amide bonds. The van der Waals surface area contributed by atoms with E-state index in [-0.39, 0.29) is 12.1 Å². The van der Waals surface area contributed by atoms with E-state index in [2.05, 4.69) is 10.3 Å². The van der Waals surface area contributed by atoms with Crippen LogP contribution in [0, 0.1) is 0 Å². The Morgan fingerprint density at radius 3 is 3.17 bits per heavy atom. The SMILES string of the molecule is O=C1NC(c2cnc(Cl)s2)CO1. The van der Waals surface area contributed by atoms with E-state index in [1.807, 2.05) is 0 Å². The van der Waals surface area contributed by atoms with Crippen LogP contribution in [-0.2, 0) is 4.74 Å². The van der Waals surface area contributed by atoms with Crippen molar-refractivity contribution in [2.75, 3.05) is 6.61 Å². The average Bonchev–Trinajstić information content (AvgIpc) is 2.58. The lowest BCUT2D eigenvalue weighted by Gasteiger charge is -2.00. The maximum Gasteiger partial charge on any atom is 0.407 e. The van der Waals surface area contributed by atoms with Gasteiger partial charge in [-0.15, -0.1) is 11.3 Å². The molecule has 1 aromatic heterocycles. The van der Waals surface area contributed by atoms with Crippen LogP contribution in [0.15, 0.2) is 6.20 Å². The van der Waals surface area contributed by atoms with Crippen molar-refractivity contribution >= 4 is 29.0 Å². The fraction of sp³-hybridized carbons (Fsp3) is 0.333. The first kappa shape index (κ1) is 7.82. The zero-order valence-corrected chi connectivity index (χ0v) is 7.48. The standard InChI is InChI=1S/C6H5ClN2O2S/c7-5-8-1-4(12-5)3-2-11-6(10)9-3/h1,3H,2H2,(H,9,10). The molecule has 12 heavy (non-hydrogen) atoms. The molecule has 0 bridgehead atoms. The molecule has 6 heteroatoms. The lowest BCUT2D eigenvalue weighted by Crippen LogP contribution is -2.17. The van der Waals surface area contributed by atoms with Crippen molar-refractivity contribution < 1.29 is 9.53 Å². The second kappa shape index (κ2) is 2.91. The highest BCUT2D eigenvalue weighted by atomic mass is 35.5. The van der Waals surface area contributed by atoms with Crippen molar-refractivity contribution in [3.8, 4) is 0 Å². The Labute approximate surface area is 77.5 Å². The molecule has 1 fully saturated rings. The first-order valence-electron chi connectivity index (χ1n) is 3.30. The van der Waals surface area contributed by atoms with E-state index in [4.69, 9.17) is 16.3 Å². The van der Waals surface area contributed by atoms with Crippen LogP contribution in [0.2, 0.25) is 4.47 Å². The van der Waals surface area contributed by atoms with Gasteiger partial charge in [0.1, 0.15) is 12.6 Å². The van der Waals surface area contributed by atoms with Gasteiger partial charge in [0.2, 0.25) is 0 Å². The fourth-order valence-electron chi connectivity index (χ4n) is 0.963. The number of nitrogens with zero attached hydrogens (tertiary/aromatic N) is 1. The number of hydrogen-bond acceptors (Lipinski definition) is 4. The number of amides is 1. The van der Waals surface area contributed by atoms with Crippen molar-refractivity contribution in [3.05, 3.63) is 15.5 Å². The number of alkyl carbamates (subject to hydrolysis) is 1. The summed E-state index contributed by atoms with van der Waals surface area (Å²) in [6.45, 7) is 0.358. The Balaban J connectivity index is 2.15. The van der Waals surface area contributed by atoms with E-state index in [0.29, 0.717) is 11.1 Å². The minimum Gasteiger partial charge on any atom is -0.447 e. The smallest absolute Gasteiger partial charge is 0.407 e. The Morgan fingerprint density at radius 2 is 2.67 bits per heavy atom. The second-order valence-electron chi connectivity index (χ2n) is 2.31. The van der Waals surface area contributed by atoms with Gasteiger partial charge in [-0.1, -0.05) is 11.6 Å². The molecule has 2 rings (SSSR count). The average molecular weight is 205 g/mol. The first-order valence-corrected chi connectivity index (χ1v) is 4.49. The second-order valence-corrected chi connectivity index (χ2v) is 3.96. The third kappa shape index (κ3) is 1.37. The monoisotopic (exact) mass is 204 g/mol. The van der Waals surface area contributed by atoms with Gasteiger partial charge in [0.15, 0.2) is 4.47 Å². The number of ether oxygens (including phenoxy) is 1. The van der Waals surface area contributed by atoms with Gasteiger partial charge in [-0.25, -0.2) is 9.78 Å². The van der Waals surface area contributed by atoms with Crippen LogP contribution in [-0.4, -0.2) is 17.7 Å². The predicted molar refractivity (Wildman–Crippen MR) is 44.3 cm³/mol. The molecule has 1 N–H and O–H groups in total. The highest BCUT2D eigenvalue weighted by Crippen LogP contribution is 2.26. The predicted octanol–water partition coefficient (Wildman–Crippen LogP) is 1.58.